The van der Waals surface area contributed by atoms with Gasteiger partial charge in [0.15, 0.2) is 0 Å². The molecule has 0 unspecified atom stereocenters. The molecule has 0 spiro atoms. The fourth-order valence-electron chi connectivity index (χ4n) is 5.52. The van der Waals surface area contributed by atoms with Gasteiger partial charge >= 0.3 is 5.97 Å². The summed E-state index contributed by atoms with van der Waals surface area (Å²) in [4.78, 5) is 11.9. The molecule has 0 amide bonds. The molecule has 0 aliphatic heterocycles. The van der Waals surface area contributed by atoms with Gasteiger partial charge in [0.1, 0.15) is 28.0 Å². The van der Waals surface area contributed by atoms with Crippen LogP contribution in [-0.2, 0) is 25.2 Å². The molecule has 0 aromatic carbocycles. The highest BCUT2D eigenvalue weighted by molar-refractivity contribution is 7.98. The van der Waals surface area contributed by atoms with Crippen LogP contribution >= 0.6 is 0 Å². The van der Waals surface area contributed by atoms with Gasteiger partial charge in [0.25, 0.3) is 0 Å². The minimum atomic E-state index is -0.424. The quantitative estimate of drug-likeness (QED) is 0.401. The number of rotatable bonds is 6. The fraction of sp³-hybridized carbons (Fsp3) is 0.958. The van der Waals surface area contributed by atoms with E-state index in [-0.39, 0.29) is 18.7 Å². The molecule has 0 bridgehead atoms. The molecule has 162 valence electrons. The van der Waals surface area contributed by atoms with Gasteiger partial charge in [-0.1, -0.05) is 12.8 Å². The Morgan fingerprint density at radius 1 is 0.750 bits per heavy atom. The van der Waals surface area contributed by atoms with Crippen LogP contribution in [0.2, 0.25) is 0 Å². The summed E-state index contributed by atoms with van der Waals surface area (Å²) in [7, 11) is 0.628. The van der Waals surface area contributed by atoms with E-state index in [1.807, 2.05) is 20.8 Å². The molecular weight excluding hydrogens is 368 g/mol. The van der Waals surface area contributed by atoms with Gasteiger partial charge in [0, 0.05) is 0 Å². The van der Waals surface area contributed by atoms with Crippen LogP contribution in [0.1, 0.15) is 111 Å². The van der Waals surface area contributed by atoms with Crippen molar-refractivity contribution in [2.45, 2.75) is 138 Å². The Labute approximate surface area is 176 Å². The van der Waals surface area contributed by atoms with Gasteiger partial charge in [-0.3, -0.25) is 0 Å². The zero-order chi connectivity index (χ0) is 20.0. The maximum atomic E-state index is 11.9. The molecule has 0 atom stereocenters. The summed E-state index contributed by atoms with van der Waals surface area (Å²) in [6.45, 7) is 5.85. The monoisotopic (exact) mass is 411 g/mol. The molecule has 0 heterocycles. The molecule has 3 rings (SSSR count). The van der Waals surface area contributed by atoms with E-state index in [4.69, 9.17) is 9.47 Å². The predicted molar refractivity (Wildman–Crippen MR) is 119 cm³/mol. The summed E-state index contributed by atoms with van der Waals surface area (Å²) < 4.78 is 11.3. The van der Waals surface area contributed by atoms with Crippen molar-refractivity contribution in [1.82, 2.24) is 0 Å². The van der Waals surface area contributed by atoms with Crippen LogP contribution in [0.25, 0.3) is 0 Å². The number of hydrogen-bond donors (Lipinski definition) is 0. The maximum absolute atomic E-state index is 11.9. The van der Waals surface area contributed by atoms with E-state index >= 15 is 0 Å². The standard InChI is InChI=1S/C24H43O3S/c1-24(2,3)27-23(25)18-26-19-14-16-22(17-15-19)28(20-10-6-4-7-11-20)21-12-8-5-9-13-21/h19-22H,4-18H2,1-3H3/q+1. The smallest absolute Gasteiger partial charge is 0.332 e. The second-order valence-corrected chi connectivity index (χ2v) is 13.0. The molecule has 4 heteroatoms. The zero-order valence-electron chi connectivity index (χ0n) is 18.5. The molecule has 3 fully saturated rings. The topological polar surface area (TPSA) is 35.5 Å². The average molecular weight is 412 g/mol. The Morgan fingerprint density at radius 3 is 1.68 bits per heavy atom. The molecule has 0 aromatic rings. The van der Waals surface area contributed by atoms with Crippen LogP contribution in [0.5, 0.6) is 0 Å². The van der Waals surface area contributed by atoms with E-state index in [9.17, 15) is 4.79 Å². The minimum Gasteiger partial charge on any atom is -0.458 e. The number of carbonyl (C=O) groups is 1. The summed E-state index contributed by atoms with van der Waals surface area (Å²) in [6, 6.07) is 0. The van der Waals surface area contributed by atoms with Crippen LogP contribution in [0.4, 0.5) is 0 Å². The summed E-state index contributed by atoms with van der Waals surface area (Å²) in [6.07, 6.45) is 19.9. The van der Waals surface area contributed by atoms with Crippen LogP contribution in [0.15, 0.2) is 0 Å². The first-order chi connectivity index (χ1) is 13.4. The molecule has 3 aliphatic carbocycles. The van der Waals surface area contributed by atoms with E-state index in [1.165, 1.54) is 77.0 Å². The lowest BCUT2D eigenvalue weighted by molar-refractivity contribution is -0.162. The Balaban J connectivity index is 1.49. The maximum Gasteiger partial charge on any atom is 0.332 e. The molecule has 0 radical (unpaired) electrons. The van der Waals surface area contributed by atoms with Crippen molar-refractivity contribution >= 4 is 16.9 Å². The molecule has 3 saturated carbocycles. The van der Waals surface area contributed by atoms with Gasteiger partial charge in [-0.25, -0.2) is 4.79 Å². The van der Waals surface area contributed by atoms with Crippen LogP contribution in [0.3, 0.4) is 0 Å². The van der Waals surface area contributed by atoms with Crippen LogP contribution < -0.4 is 0 Å². The first-order valence-electron chi connectivity index (χ1n) is 12.0. The summed E-state index contributed by atoms with van der Waals surface area (Å²) in [5.74, 6) is -0.223. The van der Waals surface area contributed by atoms with Crippen molar-refractivity contribution in [1.29, 1.82) is 0 Å². The van der Waals surface area contributed by atoms with Gasteiger partial charge in [-0.05, 0) is 109 Å². The molecule has 0 saturated heterocycles. The van der Waals surface area contributed by atoms with E-state index < -0.39 is 5.60 Å². The van der Waals surface area contributed by atoms with Crippen molar-refractivity contribution in [3.8, 4) is 0 Å². The van der Waals surface area contributed by atoms with Gasteiger partial charge < -0.3 is 9.47 Å². The number of hydrogen-bond acceptors (Lipinski definition) is 3. The molecule has 0 N–H and O–H groups in total. The number of ether oxygens (including phenoxy) is 2. The van der Waals surface area contributed by atoms with E-state index in [1.54, 1.807) is 0 Å². The lowest BCUT2D eigenvalue weighted by Crippen LogP contribution is -2.44. The SMILES string of the molecule is CC(C)(C)OC(=O)COC1CCC([S+](C2CCCCC2)C2CCCCC2)CC1. The second kappa shape index (κ2) is 10.7. The lowest BCUT2D eigenvalue weighted by atomic mass is 9.97. The van der Waals surface area contributed by atoms with Gasteiger partial charge in [-0.15, -0.1) is 0 Å². The van der Waals surface area contributed by atoms with Crippen LogP contribution in [-0.4, -0.2) is 40.0 Å². The van der Waals surface area contributed by atoms with Gasteiger partial charge in [0.05, 0.1) is 6.10 Å². The predicted octanol–water partition coefficient (Wildman–Crippen LogP) is 5.94. The number of esters is 1. The average Bonchev–Trinajstić information content (AvgIpc) is 2.68. The molecular formula is C24H43O3S+. The van der Waals surface area contributed by atoms with E-state index in [0.29, 0.717) is 10.9 Å². The summed E-state index contributed by atoms with van der Waals surface area (Å²) in [5.41, 5.74) is -0.424. The third-order valence-electron chi connectivity index (χ3n) is 6.74. The first kappa shape index (κ1) is 22.5. The fourth-order valence-corrected chi connectivity index (χ4v) is 9.72. The molecule has 0 aromatic heterocycles. The highest BCUT2D eigenvalue weighted by Gasteiger charge is 2.46. The Hall–Kier alpha value is -0.220. The van der Waals surface area contributed by atoms with E-state index in [2.05, 4.69) is 0 Å². The lowest BCUT2D eigenvalue weighted by Gasteiger charge is -2.37. The Morgan fingerprint density at radius 2 is 1.21 bits per heavy atom. The van der Waals surface area contributed by atoms with Crippen molar-refractivity contribution in [2.75, 3.05) is 6.61 Å². The van der Waals surface area contributed by atoms with Crippen molar-refractivity contribution < 1.29 is 14.3 Å². The largest absolute Gasteiger partial charge is 0.458 e. The Bertz CT molecular complexity index is 449. The normalized spacial score (nSPS) is 28.4. The first-order valence-corrected chi connectivity index (χ1v) is 13.4. The summed E-state index contributed by atoms with van der Waals surface area (Å²) >= 11 is 0. The number of carbonyl (C=O) groups excluding carboxylic acids is 1. The minimum absolute atomic E-state index is 0.115. The van der Waals surface area contributed by atoms with Crippen molar-refractivity contribution in [3.05, 3.63) is 0 Å². The highest BCUT2D eigenvalue weighted by Crippen LogP contribution is 2.40. The van der Waals surface area contributed by atoms with Crippen LogP contribution in [0, 0.1) is 0 Å². The van der Waals surface area contributed by atoms with E-state index in [0.717, 1.165) is 28.6 Å². The molecule has 3 aliphatic rings. The zero-order valence-corrected chi connectivity index (χ0v) is 19.4. The third kappa shape index (κ3) is 6.93. The molecule has 3 nitrogen and oxygen atoms in total. The molecule has 28 heavy (non-hydrogen) atoms. The summed E-state index contributed by atoms with van der Waals surface area (Å²) in [5, 5.41) is 2.95. The van der Waals surface area contributed by atoms with Crippen molar-refractivity contribution in [2.24, 2.45) is 0 Å². The van der Waals surface area contributed by atoms with Crippen molar-refractivity contribution in [3.63, 3.8) is 0 Å². The highest BCUT2D eigenvalue weighted by atomic mass is 32.2. The van der Waals surface area contributed by atoms with Gasteiger partial charge in [-0.2, -0.15) is 0 Å². The Kier molecular flexibility index (Phi) is 8.59. The third-order valence-corrected chi connectivity index (χ3v) is 10.5. The van der Waals surface area contributed by atoms with Gasteiger partial charge in [0.2, 0.25) is 0 Å². The second-order valence-electron chi connectivity index (χ2n) is 10.2.